The van der Waals surface area contributed by atoms with Gasteiger partial charge in [0, 0.05) is 23.4 Å². The van der Waals surface area contributed by atoms with Gasteiger partial charge >= 0.3 is 5.97 Å². The Morgan fingerprint density at radius 3 is 2.76 bits per heavy atom. The lowest BCUT2D eigenvalue weighted by Gasteiger charge is -2.31. The molecule has 1 aliphatic rings. The van der Waals surface area contributed by atoms with Crippen molar-refractivity contribution in [2.75, 3.05) is 45.7 Å². The maximum atomic E-state index is 11.7. The molecule has 0 unspecified atom stereocenters. The molecule has 0 aliphatic carbocycles. The highest BCUT2D eigenvalue weighted by atomic mass is 32.1. The topological polar surface area (TPSA) is 64.8 Å². The van der Waals surface area contributed by atoms with Crippen LogP contribution in [0.4, 0.5) is 5.00 Å². The molecule has 1 saturated heterocycles. The normalized spacial score (nSPS) is 16.9. The Bertz CT molecular complexity index is 493. The number of methoxy groups -OCH3 is 1. The molecule has 0 aromatic carbocycles. The first-order chi connectivity index (χ1) is 9.94. The minimum absolute atomic E-state index is 0.0106. The molecule has 0 saturated carbocycles. The van der Waals surface area contributed by atoms with Crippen molar-refractivity contribution in [1.82, 2.24) is 4.90 Å². The number of morpholine rings is 1. The van der Waals surface area contributed by atoms with Gasteiger partial charge in [-0.25, -0.2) is 4.79 Å². The zero-order valence-corrected chi connectivity index (χ0v) is 13.8. The second kappa shape index (κ2) is 6.77. The standard InChI is InChI=1S/C15H24N2O3S/c1-15(2,4-5-17-6-8-20-9-7-17)12-10-11(13(16)21-12)14(18)19-3/h10H,4-9,16H2,1-3H3. The molecule has 1 aliphatic heterocycles. The number of esters is 1. The molecule has 0 bridgehead atoms. The van der Waals surface area contributed by atoms with E-state index in [4.69, 9.17) is 15.2 Å². The minimum Gasteiger partial charge on any atom is -0.465 e. The van der Waals surface area contributed by atoms with Gasteiger partial charge < -0.3 is 15.2 Å². The molecular weight excluding hydrogens is 288 g/mol. The highest BCUT2D eigenvalue weighted by molar-refractivity contribution is 7.16. The van der Waals surface area contributed by atoms with Crippen LogP contribution in [0.25, 0.3) is 0 Å². The van der Waals surface area contributed by atoms with E-state index in [0.717, 1.165) is 44.1 Å². The summed E-state index contributed by atoms with van der Waals surface area (Å²) in [4.78, 5) is 15.2. The van der Waals surface area contributed by atoms with E-state index in [2.05, 4.69) is 18.7 Å². The molecule has 2 N–H and O–H groups in total. The van der Waals surface area contributed by atoms with Gasteiger partial charge in [-0.15, -0.1) is 11.3 Å². The quantitative estimate of drug-likeness (QED) is 0.844. The van der Waals surface area contributed by atoms with Gasteiger partial charge in [0.25, 0.3) is 0 Å². The third-order valence-corrected chi connectivity index (χ3v) is 5.32. The summed E-state index contributed by atoms with van der Waals surface area (Å²) in [5.41, 5.74) is 6.42. The summed E-state index contributed by atoms with van der Waals surface area (Å²) >= 11 is 1.49. The van der Waals surface area contributed by atoms with E-state index < -0.39 is 0 Å². The van der Waals surface area contributed by atoms with Gasteiger partial charge in [-0.05, 0) is 19.0 Å². The molecule has 1 aromatic rings. The number of anilines is 1. The van der Waals surface area contributed by atoms with Crippen LogP contribution in [0.3, 0.4) is 0 Å². The molecule has 6 heteroatoms. The van der Waals surface area contributed by atoms with Gasteiger partial charge in [0.15, 0.2) is 0 Å². The first kappa shape index (κ1) is 16.3. The molecule has 1 aromatic heterocycles. The summed E-state index contributed by atoms with van der Waals surface area (Å²) in [6, 6.07) is 1.88. The molecule has 2 heterocycles. The van der Waals surface area contributed by atoms with Gasteiger partial charge in [-0.2, -0.15) is 0 Å². The van der Waals surface area contributed by atoms with Crippen molar-refractivity contribution in [1.29, 1.82) is 0 Å². The zero-order chi connectivity index (χ0) is 15.5. The maximum absolute atomic E-state index is 11.7. The molecule has 0 atom stereocenters. The van der Waals surface area contributed by atoms with Crippen LogP contribution >= 0.6 is 11.3 Å². The lowest BCUT2D eigenvalue weighted by Crippen LogP contribution is -2.38. The Kier molecular flexibility index (Phi) is 5.24. The van der Waals surface area contributed by atoms with Gasteiger partial charge in [0.1, 0.15) is 5.00 Å². The third-order valence-electron chi connectivity index (χ3n) is 3.99. The van der Waals surface area contributed by atoms with Crippen molar-refractivity contribution in [3.8, 4) is 0 Å². The number of carbonyl (C=O) groups excluding carboxylic acids is 1. The van der Waals surface area contributed by atoms with E-state index in [1.54, 1.807) is 0 Å². The van der Waals surface area contributed by atoms with Gasteiger partial charge in [-0.1, -0.05) is 13.8 Å². The Hall–Kier alpha value is -1.11. The summed E-state index contributed by atoms with van der Waals surface area (Å²) < 4.78 is 10.1. The Morgan fingerprint density at radius 2 is 2.14 bits per heavy atom. The Balaban J connectivity index is 2.02. The van der Waals surface area contributed by atoms with Crippen molar-refractivity contribution in [2.24, 2.45) is 0 Å². The second-order valence-corrected chi connectivity index (χ2v) is 7.05. The summed E-state index contributed by atoms with van der Waals surface area (Å²) in [6.07, 6.45) is 1.02. The monoisotopic (exact) mass is 312 g/mol. The molecule has 0 radical (unpaired) electrons. The highest BCUT2D eigenvalue weighted by Gasteiger charge is 2.27. The zero-order valence-electron chi connectivity index (χ0n) is 13.0. The van der Waals surface area contributed by atoms with Gasteiger partial charge in [-0.3, -0.25) is 4.90 Å². The molecule has 2 rings (SSSR count). The summed E-state index contributed by atoms with van der Waals surface area (Å²) in [5.74, 6) is -0.362. The fourth-order valence-electron chi connectivity index (χ4n) is 2.39. The van der Waals surface area contributed by atoms with Crippen molar-refractivity contribution in [2.45, 2.75) is 25.7 Å². The lowest BCUT2D eigenvalue weighted by molar-refractivity contribution is 0.0351. The molecule has 118 valence electrons. The molecule has 1 fully saturated rings. The second-order valence-electron chi connectivity index (χ2n) is 5.97. The SMILES string of the molecule is COC(=O)c1cc(C(C)(C)CCN2CCOCC2)sc1N. The van der Waals surface area contributed by atoms with Crippen LogP contribution in [0.2, 0.25) is 0 Å². The largest absolute Gasteiger partial charge is 0.465 e. The van der Waals surface area contributed by atoms with Gasteiger partial charge in [0.05, 0.1) is 25.9 Å². The van der Waals surface area contributed by atoms with E-state index in [1.165, 1.54) is 18.4 Å². The van der Waals surface area contributed by atoms with E-state index in [1.807, 2.05) is 6.07 Å². The van der Waals surface area contributed by atoms with Crippen LogP contribution in [0.15, 0.2) is 6.07 Å². The lowest BCUT2D eigenvalue weighted by atomic mass is 9.87. The third kappa shape index (κ3) is 3.96. The molecular formula is C15H24N2O3S. The smallest absolute Gasteiger partial charge is 0.340 e. The van der Waals surface area contributed by atoms with Crippen LogP contribution < -0.4 is 5.73 Å². The summed E-state index contributed by atoms with van der Waals surface area (Å²) in [5, 5.41) is 0.538. The number of hydrogen-bond acceptors (Lipinski definition) is 6. The predicted octanol–water partition coefficient (Wildman–Crippen LogP) is 2.12. The summed E-state index contributed by atoms with van der Waals surface area (Å²) in [7, 11) is 1.38. The molecule has 21 heavy (non-hydrogen) atoms. The Morgan fingerprint density at radius 1 is 1.48 bits per heavy atom. The fourth-order valence-corrected chi connectivity index (χ4v) is 3.44. The average molecular weight is 312 g/mol. The molecule has 0 spiro atoms. The summed E-state index contributed by atoms with van der Waals surface area (Å²) in [6.45, 7) is 9.05. The van der Waals surface area contributed by atoms with E-state index in [0.29, 0.717) is 10.6 Å². The van der Waals surface area contributed by atoms with Crippen molar-refractivity contribution >= 4 is 22.3 Å². The first-order valence-electron chi connectivity index (χ1n) is 7.22. The van der Waals surface area contributed by atoms with Gasteiger partial charge in [0.2, 0.25) is 0 Å². The number of carbonyl (C=O) groups is 1. The molecule has 5 nitrogen and oxygen atoms in total. The fraction of sp³-hybridized carbons (Fsp3) is 0.667. The van der Waals surface area contributed by atoms with Crippen LogP contribution in [-0.2, 0) is 14.9 Å². The van der Waals surface area contributed by atoms with E-state index >= 15 is 0 Å². The van der Waals surface area contributed by atoms with Crippen LogP contribution in [0.5, 0.6) is 0 Å². The first-order valence-corrected chi connectivity index (χ1v) is 8.04. The van der Waals surface area contributed by atoms with E-state index in [9.17, 15) is 4.79 Å². The van der Waals surface area contributed by atoms with Crippen LogP contribution in [0, 0.1) is 0 Å². The van der Waals surface area contributed by atoms with Crippen LogP contribution in [-0.4, -0.2) is 50.8 Å². The van der Waals surface area contributed by atoms with Crippen molar-refractivity contribution in [3.05, 3.63) is 16.5 Å². The predicted molar refractivity (Wildman–Crippen MR) is 85.0 cm³/mol. The Labute approximate surface area is 130 Å². The van der Waals surface area contributed by atoms with Crippen molar-refractivity contribution in [3.63, 3.8) is 0 Å². The average Bonchev–Trinajstić information content (AvgIpc) is 2.88. The number of nitrogens with zero attached hydrogens (tertiary/aromatic N) is 1. The number of nitrogen functional groups attached to an aromatic ring is 1. The number of nitrogens with two attached hydrogens (primary N) is 1. The van der Waals surface area contributed by atoms with Crippen LogP contribution in [0.1, 0.15) is 35.5 Å². The maximum Gasteiger partial charge on any atom is 0.340 e. The molecule has 0 amide bonds. The van der Waals surface area contributed by atoms with Crippen molar-refractivity contribution < 1.29 is 14.3 Å². The minimum atomic E-state index is -0.362. The number of ether oxygens (including phenoxy) is 2. The number of thiophene rings is 1. The highest BCUT2D eigenvalue weighted by Crippen LogP contribution is 2.37. The number of hydrogen-bond donors (Lipinski definition) is 1. The number of rotatable bonds is 5. The van der Waals surface area contributed by atoms with E-state index in [-0.39, 0.29) is 11.4 Å².